The highest BCUT2D eigenvalue weighted by Crippen LogP contribution is 2.36. The van der Waals surface area contributed by atoms with Crippen LogP contribution in [0.5, 0.6) is 5.75 Å². The Morgan fingerprint density at radius 3 is 2.76 bits per heavy atom. The normalized spacial score (nSPS) is 10.8. The van der Waals surface area contributed by atoms with Crippen molar-refractivity contribution in [2.75, 3.05) is 0 Å². The lowest BCUT2D eigenvalue weighted by molar-refractivity contribution is -0.131. The molecule has 0 aliphatic rings. The molecular formula is C16H12N2O3. The summed E-state index contributed by atoms with van der Waals surface area (Å²) in [7, 11) is 0. The van der Waals surface area contributed by atoms with Gasteiger partial charge in [0.15, 0.2) is 5.75 Å². The third-order valence-electron chi connectivity index (χ3n) is 3.34. The molecule has 0 saturated carbocycles. The smallest absolute Gasteiger partial charge is 0.308 e. The molecule has 5 heteroatoms. The monoisotopic (exact) mass is 280 g/mol. The van der Waals surface area contributed by atoms with E-state index in [9.17, 15) is 4.79 Å². The van der Waals surface area contributed by atoms with E-state index in [1.165, 1.54) is 6.92 Å². The van der Waals surface area contributed by atoms with Gasteiger partial charge in [-0.05, 0) is 32.0 Å². The fraction of sp³-hybridized carbons (Fsp3) is 0.188. The fourth-order valence-corrected chi connectivity index (χ4v) is 2.37. The van der Waals surface area contributed by atoms with Crippen LogP contribution in [0.25, 0.3) is 21.9 Å². The Kier molecular flexibility index (Phi) is 2.88. The van der Waals surface area contributed by atoms with Crippen LogP contribution in [0, 0.1) is 25.2 Å². The first-order chi connectivity index (χ1) is 10.0. The van der Waals surface area contributed by atoms with E-state index in [0.717, 1.165) is 22.0 Å². The number of hydrogen-bond acceptors (Lipinski definition) is 5. The Bertz CT molecular complexity index is 932. The van der Waals surface area contributed by atoms with Gasteiger partial charge in [-0.2, -0.15) is 5.26 Å². The molecule has 0 N–H and O–H groups in total. The van der Waals surface area contributed by atoms with Crippen molar-refractivity contribution in [3.63, 3.8) is 0 Å². The maximum atomic E-state index is 11.3. The molecule has 3 rings (SSSR count). The van der Waals surface area contributed by atoms with Crippen LogP contribution in [0.3, 0.4) is 0 Å². The van der Waals surface area contributed by atoms with Crippen LogP contribution in [0.2, 0.25) is 0 Å². The lowest BCUT2D eigenvalue weighted by atomic mass is 10.1. The molecule has 0 atom stereocenters. The van der Waals surface area contributed by atoms with Gasteiger partial charge in [-0.15, -0.1) is 0 Å². The average molecular weight is 280 g/mol. The van der Waals surface area contributed by atoms with Gasteiger partial charge in [0.25, 0.3) is 0 Å². The molecule has 1 aromatic carbocycles. The third-order valence-corrected chi connectivity index (χ3v) is 3.34. The van der Waals surface area contributed by atoms with E-state index in [1.807, 2.05) is 25.1 Å². The van der Waals surface area contributed by atoms with E-state index >= 15 is 0 Å². The number of ether oxygens (including phenoxy) is 1. The second-order valence-corrected chi connectivity index (χ2v) is 4.86. The van der Waals surface area contributed by atoms with Gasteiger partial charge in [0, 0.05) is 29.0 Å². The summed E-state index contributed by atoms with van der Waals surface area (Å²) < 4.78 is 10.9. The lowest BCUT2D eigenvalue weighted by Gasteiger charge is -2.07. The number of esters is 1. The quantitative estimate of drug-likeness (QED) is 0.504. The number of aromatic nitrogens is 1. The van der Waals surface area contributed by atoms with E-state index in [-0.39, 0.29) is 5.76 Å². The Labute approximate surface area is 120 Å². The first-order valence-electron chi connectivity index (χ1n) is 6.43. The molecule has 0 radical (unpaired) electrons. The molecular weight excluding hydrogens is 268 g/mol. The van der Waals surface area contributed by atoms with Crippen molar-refractivity contribution >= 4 is 27.8 Å². The van der Waals surface area contributed by atoms with Gasteiger partial charge in [-0.3, -0.25) is 4.79 Å². The van der Waals surface area contributed by atoms with Gasteiger partial charge in [0.2, 0.25) is 5.76 Å². The Morgan fingerprint density at radius 2 is 2.10 bits per heavy atom. The number of carbonyl (C=O) groups excluding carboxylic acids is 1. The number of furan rings is 1. The van der Waals surface area contributed by atoms with E-state index in [0.29, 0.717) is 16.8 Å². The van der Waals surface area contributed by atoms with Crippen LogP contribution >= 0.6 is 0 Å². The second kappa shape index (κ2) is 4.60. The summed E-state index contributed by atoms with van der Waals surface area (Å²) in [6.45, 7) is 5.00. The van der Waals surface area contributed by atoms with Crippen molar-refractivity contribution in [3.05, 3.63) is 35.2 Å². The van der Waals surface area contributed by atoms with Gasteiger partial charge in [0.05, 0.1) is 0 Å². The SMILES string of the molecule is CC(=O)Oc1cc2c(C)c(C#N)oc2c2ccc(C)nc12. The molecule has 5 nitrogen and oxygen atoms in total. The van der Waals surface area contributed by atoms with Gasteiger partial charge in [-0.1, -0.05) is 0 Å². The number of nitriles is 1. The molecule has 0 spiro atoms. The van der Waals surface area contributed by atoms with Crippen LogP contribution in [-0.4, -0.2) is 11.0 Å². The molecule has 3 aromatic rings. The number of benzene rings is 1. The van der Waals surface area contributed by atoms with E-state index in [4.69, 9.17) is 14.4 Å². The molecule has 2 heterocycles. The van der Waals surface area contributed by atoms with Gasteiger partial charge in [-0.25, -0.2) is 4.98 Å². The van der Waals surface area contributed by atoms with E-state index < -0.39 is 5.97 Å². The first-order valence-corrected chi connectivity index (χ1v) is 6.43. The third kappa shape index (κ3) is 2.01. The molecule has 0 fully saturated rings. The number of nitrogens with zero attached hydrogens (tertiary/aromatic N) is 2. The van der Waals surface area contributed by atoms with Crippen LogP contribution in [-0.2, 0) is 4.79 Å². The summed E-state index contributed by atoms with van der Waals surface area (Å²) in [4.78, 5) is 15.7. The average Bonchev–Trinajstić information content (AvgIpc) is 2.75. The number of rotatable bonds is 1. The molecule has 104 valence electrons. The molecule has 21 heavy (non-hydrogen) atoms. The Morgan fingerprint density at radius 1 is 1.33 bits per heavy atom. The summed E-state index contributed by atoms with van der Waals surface area (Å²) in [5, 5.41) is 10.6. The largest absolute Gasteiger partial charge is 0.445 e. The second-order valence-electron chi connectivity index (χ2n) is 4.86. The number of hydrogen-bond donors (Lipinski definition) is 0. The molecule has 0 unspecified atom stereocenters. The zero-order valence-corrected chi connectivity index (χ0v) is 11.9. The minimum atomic E-state index is -0.416. The summed E-state index contributed by atoms with van der Waals surface area (Å²) in [5.74, 6) is 0.217. The van der Waals surface area contributed by atoms with Crippen LogP contribution in [0.15, 0.2) is 22.6 Å². The molecule has 0 saturated heterocycles. The summed E-state index contributed by atoms with van der Waals surface area (Å²) in [6.07, 6.45) is 0. The van der Waals surface area contributed by atoms with Gasteiger partial charge >= 0.3 is 5.97 Å². The summed E-state index contributed by atoms with van der Waals surface area (Å²) >= 11 is 0. The van der Waals surface area contributed by atoms with Crippen molar-refractivity contribution in [2.24, 2.45) is 0 Å². The van der Waals surface area contributed by atoms with Crippen molar-refractivity contribution in [1.29, 1.82) is 5.26 Å². The lowest BCUT2D eigenvalue weighted by Crippen LogP contribution is -2.02. The van der Waals surface area contributed by atoms with Crippen molar-refractivity contribution in [2.45, 2.75) is 20.8 Å². The van der Waals surface area contributed by atoms with Crippen LogP contribution in [0.1, 0.15) is 23.9 Å². The van der Waals surface area contributed by atoms with Crippen molar-refractivity contribution in [1.82, 2.24) is 4.98 Å². The maximum Gasteiger partial charge on any atom is 0.308 e. The molecule has 0 aliphatic carbocycles. The topological polar surface area (TPSA) is 76.1 Å². The fourth-order valence-electron chi connectivity index (χ4n) is 2.37. The van der Waals surface area contributed by atoms with Gasteiger partial charge < -0.3 is 9.15 Å². The highest BCUT2D eigenvalue weighted by atomic mass is 16.5. The number of pyridine rings is 1. The van der Waals surface area contributed by atoms with Crippen molar-refractivity contribution < 1.29 is 13.9 Å². The predicted molar refractivity (Wildman–Crippen MR) is 77.0 cm³/mol. The van der Waals surface area contributed by atoms with Gasteiger partial charge in [0.1, 0.15) is 17.2 Å². The number of aryl methyl sites for hydroxylation is 2. The molecule has 0 bridgehead atoms. The molecule has 2 aromatic heterocycles. The zero-order chi connectivity index (χ0) is 15.1. The number of fused-ring (bicyclic) bond motifs is 3. The summed E-state index contributed by atoms with van der Waals surface area (Å²) in [6, 6.07) is 7.43. The minimum absolute atomic E-state index is 0.256. The first kappa shape index (κ1) is 13.1. The van der Waals surface area contributed by atoms with Crippen molar-refractivity contribution in [3.8, 4) is 11.8 Å². The zero-order valence-electron chi connectivity index (χ0n) is 11.9. The van der Waals surface area contributed by atoms with Crippen LogP contribution in [0.4, 0.5) is 0 Å². The van der Waals surface area contributed by atoms with E-state index in [1.54, 1.807) is 13.0 Å². The maximum absolute atomic E-state index is 11.3. The summed E-state index contributed by atoms with van der Waals surface area (Å²) in [5.41, 5.74) is 2.67. The highest BCUT2D eigenvalue weighted by Gasteiger charge is 2.18. The molecule has 0 aliphatic heterocycles. The minimum Gasteiger partial charge on any atom is -0.445 e. The number of carbonyl (C=O) groups is 1. The Hall–Kier alpha value is -2.87. The van der Waals surface area contributed by atoms with E-state index in [2.05, 4.69) is 4.98 Å². The highest BCUT2D eigenvalue weighted by molar-refractivity contribution is 6.08. The Balaban J connectivity index is 2.48. The molecule has 0 amide bonds. The van der Waals surface area contributed by atoms with Crippen LogP contribution < -0.4 is 4.74 Å². The standard InChI is InChI=1S/C16H12N2O3/c1-8-4-5-11-15(18-8)13(20-10(3)19)6-12-9(2)14(7-17)21-16(11)12/h4-6H,1-3H3. The predicted octanol–water partition coefficient (Wildman–Crippen LogP) is 3.39.